The van der Waals surface area contributed by atoms with Gasteiger partial charge < -0.3 is 5.73 Å². The zero-order valence-electron chi connectivity index (χ0n) is 10.1. The second-order valence-electron chi connectivity index (χ2n) is 4.27. The minimum Gasteiger partial charge on any atom is -0.317 e. The summed E-state index contributed by atoms with van der Waals surface area (Å²) in [5.41, 5.74) is 6.62. The molecule has 1 atom stereocenters. The van der Waals surface area contributed by atoms with Crippen molar-refractivity contribution in [1.82, 2.24) is 4.98 Å². The van der Waals surface area contributed by atoms with Crippen molar-refractivity contribution in [2.24, 2.45) is 5.73 Å². The lowest BCUT2D eigenvalue weighted by Gasteiger charge is -2.10. The number of ketones is 1. The van der Waals surface area contributed by atoms with Gasteiger partial charge in [0.05, 0.1) is 0 Å². The number of aromatic nitrogens is 1. The third-order valence-corrected chi connectivity index (χ3v) is 4.02. The molecule has 2 heterocycles. The van der Waals surface area contributed by atoms with Crippen LogP contribution in [0.5, 0.6) is 0 Å². The van der Waals surface area contributed by atoms with E-state index in [2.05, 4.69) is 4.98 Å². The van der Waals surface area contributed by atoms with E-state index in [0.717, 1.165) is 15.6 Å². The lowest BCUT2D eigenvalue weighted by Crippen LogP contribution is -2.20. The molecule has 0 fully saturated rings. The second-order valence-corrected chi connectivity index (χ2v) is 5.24. The van der Waals surface area contributed by atoms with Crippen LogP contribution in [0, 0.1) is 0 Å². The average molecular weight is 268 g/mol. The number of fused-ring (bicyclic) bond motifs is 1. The smallest absolute Gasteiger partial charge is 0.187 e. The SMILES string of the molecule is NC(C(=O)c1cncc2ccccc12)c1cccs1. The fourth-order valence-corrected chi connectivity index (χ4v) is 2.80. The quantitative estimate of drug-likeness (QED) is 0.742. The predicted octanol–water partition coefficient (Wildman–Crippen LogP) is 3.18. The van der Waals surface area contributed by atoms with E-state index < -0.39 is 6.04 Å². The van der Waals surface area contributed by atoms with Crippen molar-refractivity contribution >= 4 is 27.9 Å². The van der Waals surface area contributed by atoms with Gasteiger partial charge in [-0.05, 0) is 16.8 Å². The van der Waals surface area contributed by atoms with Gasteiger partial charge in [-0.25, -0.2) is 0 Å². The van der Waals surface area contributed by atoms with E-state index in [4.69, 9.17) is 5.73 Å². The highest BCUT2D eigenvalue weighted by atomic mass is 32.1. The lowest BCUT2D eigenvalue weighted by molar-refractivity contribution is 0.0964. The summed E-state index contributed by atoms with van der Waals surface area (Å²) in [6, 6.07) is 10.9. The number of nitrogens with zero attached hydrogens (tertiary/aromatic N) is 1. The third-order valence-electron chi connectivity index (χ3n) is 3.07. The number of rotatable bonds is 3. The number of thiophene rings is 1. The molecule has 0 aliphatic heterocycles. The molecule has 0 spiro atoms. The first-order chi connectivity index (χ1) is 9.27. The Bertz CT molecular complexity index is 717. The molecule has 0 radical (unpaired) electrons. The van der Waals surface area contributed by atoms with Crippen molar-refractivity contribution in [1.29, 1.82) is 0 Å². The van der Waals surface area contributed by atoms with Gasteiger partial charge in [0.25, 0.3) is 0 Å². The van der Waals surface area contributed by atoms with E-state index in [1.54, 1.807) is 12.4 Å². The summed E-state index contributed by atoms with van der Waals surface area (Å²) < 4.78 is 0. The number of pyridine rings is 1. The van der Waals surface area contributed by atoms with Crippen LogP contribution in [0.3, 0.4) is 0 Å². The van der Waals surface area contributed by atoms with Gasteiger partial charge in [-0.3, -0.25) is 9.78 Å². The number of carbonyl (C=O) groups excluding carboxylic acids is 1. The monoisotopic (exact) mass is 268 g/mol. The van der Waals surface area contributed by atoms with Crippen molar-refractivity contribution in [3.05, 3.63) is 64.6 Å². The molecule has 0 bridgehead atoms. The Hall–Kier alpha value is -2.04. The first-order valence-electron chi connectivity index (χ1n) is 5.93. The number of benzene rings is 1. The van der Waals surface area contributed by atoms with Crippen LogP contribution < -0.4 is 5.73 Å². The molecule has 3 aromatic rings. The Morgan fingerprint density at radius 3 is 2.79 bits per heavy atom. The second kappa shape index (κ2) is 4.91. The van der Waals surface area contributed by atoms with E-state index in [-0.39, 0.29) is 5.78 Å². The normalized spacial score (nSPS) is 12.5. The van der Waals surface area contributed by atoms with Gasteiger partial charge in [0, 0.05) is 28.2 Å². The van der Waals surface area contributed by atoms with Crippen LogP contribution in [0.1, 0.15) is 21.3 Å². The third kappa shape index (κ3) is 2.16. The van der Waals surface area contributed by atoms with E-state index in [1.807, 2.05) is 41.8 Å². The van der Waals surface area contributed by atoms with Crippen LogP contribution >= 0.6 is 11.3 Å². The number of hydrogen-bond donors (Lipinski definition) is 1. The standard InChI is InChI=1S/C15H12N2OS/c16-14(13-6-3-7-19-13)15(18)12-9-17-8-10-4-1-2-5-11(10)12/h1-9,14H,16H2. The van der Waals surface area contributed by atoms with Crippen LogP contribution in [0.15, 0.2) is 54.2 Å². The van der Waals surface area contributed by atoms with E-state index >= 15 is 0 Å². The first-order valence-corrected chi connectivity index (χ1v) is 6.81. The average Bonchev–Trinajstić information content (AvgIpc) is 2.99. The maximum Gasteiger partial charge on any atom is 0.187 e. The molecule has 3 nitrogen and oxygen atoms in total. The van der Waals surface area contributed by atoms with E-state index in [9.17, 15) is 4.79 Å². The molecule has 0 aliphatic carbocycles. The molecule has 1 aromatic carbocycles. The first kappa shape index (κ1) is 12.0. The number of nitrogens with two attached hydrogens (primary N) is 1. The van der Waals surface area contributed by atoms with Crippen molar-refractivity contribution in [2.75, 3.05) is 0 Å². The molecule has 0 saturated carbocycles. The van der Waals surface area contributed by atoms with Crippen molar-refractivity contribution < 1.29 is 4.79 Å². The molecule has 1 unspecified atom stereocenters. The van der Waals surface area contributed by atoms with Gasteiger partial charge in [-0.2, -0.15) is 0 Å². The molecule has 0 saturated heterocycles. The van der Waals surface area contributed by atoms with Crippen LogP contribution in [0.25, 0.3) is 10.8 Å². The van der Waals surface area contributed by atoms with Crippen LogP contribution in [-0.2, 0) is 0 Å². The van der Waals surface area contributed by atoms with Gasteiger partial charge in [0.1, 0.15) is 6.04 Å². The van der Waals surface area contributed by atoms with Crippen molar-refractivity contribution in [2.45, 2.75) is 6.04 Å². The number of carbonyl (C=O) groups is 1. The zero-order chi connectivity index (χ0) is 13.2. The Morgan fingerprint density at radius 1 is 1.16 bits per heavy atom. The summed E-state index contributed by atoms with van der Waals surface area (Å²) in [4.78, 5) is 17.5. The molecular weight excluding hydrogens is 256 g/mol. The highest BCUT2D eigenvalue weighted by Crippen LogP contribution is 2.24. The van der Waals surface area contributed by atoms with E-state index in [0.29, 0.717) is 5.56 Å². The van der Waals surface area contributed by atoms with Gasteiger partial charge in [0.2, 0.25) is 0 Å². The highest BCUT2D eigenvalue weighted by Gasteiger charge is 2.20. The minimum atomic E-state index is -0.618. The van der Waals surface area contributed by atoms with Crippen molar-refractivity contribution in [3.63, 3.8) is 0 Å². The molecule has 19 heavy (non-hydrogen) atoms. The molecule has 2 N–H and O–H groups in total. The Balaban J connectivity index is 2.07. The maximum absolute atomic E-state index is 12.5. The van der Waals surface area contributed by atoms with Gasteiger partial charge in [-0.15, -0.1) is 11.3 Å². The minimum absolute atomic E-state index is 0.0910. The summed E-state index contributed by atoms with van der Waals surface area (Å²) in [6.45, 7) is 0. The molecular formula is C15H12N2OS. The number of Topliss-reactive ketones (excluding diaryl/α,β-unsaturated/α-hetero) is 1. The van der Waals surface area contributed by atoms with Crippen LogP contribution in [-0.4, -0.2) is 10.8 Å². The van der Waals surface area contributed by atoms with Crippen molar-refractivity contribution in [3.8, 4) is 0 Å². The molecule has 0 amide bonds. The molecule has 0 aliphatic rings. The van der Waals surface area contributed by atoms with E-state index in [1.165, 1.54) is 11.3 Å². The fraction of sp³-hybridized carbons (Fsp3) is 0.0667. The Labute approximate surface area is 114 Å². The molecule has 2 aromatic heterocycles. The number of hydrogen-bond acceptors (Lipinski definition) is 4. The highest BCUT2D eigenvalue weighted by molar-refractivity contribution is 7.10. The summed E-state index contributed by atoms with van der Waals surface area (Å²) >= 11 is 1.49. The molecule has 4 heteroatoms. The Morgan fingerprint density at radius 2 is 2.00 bits per heavy atom. The van der Waals surface area contributed by atoms with Crippen LogP contribution in [0.4, 0.5) is 0 Å². The summed E-state index contributed by atoms with van der Waals surface area (Å²) in [5, 5.41) is 3.77. The Kier molecular flexibility index (Phi) is 3.11. The van der Waals surface area contributed by atoms with Gasteiger partial charge in [-0.1, -0.05) is 30.3 Å². The molecule has 3 rings (SSSR count). The summed E-state index contributed by atoms with van der Waals surface area (Å²) in [5.74, 6) is -0.0910. The maximum atomic E-state index is 12.5. The summed E-state index contributed by atoms with van der Waals surface area (Å²) in [7, 11) is 0. The van der Waals surface area contributed by atoms with Crippen LogP contribution in [0.2, 0.25) is 0 Å². The van der Waals surface area contributed by atoms with Gasteiger partial charge in [0.15, 0.2) is 5.78 Å². The van der Waals surface area contributed by atoms with Gasteiger partial charge >= 0.3 is 0 Å². The topological polar surface area (TPSA) is 56.0 Å². The predicted molar refractivity (Wildman–Crippen MR) is 77.3 cm³/mol. The largest absolute Gasteiger partial charge is 0.317 e. The zero-order valence-corrected chi connectivity index (χ0v) is 10.9. The summed E-state index contributed by atoms with van der Waals surface area (Å²) in [6.07, 6.45) is 3.35. The lowest BCUT2D eigenvalue weighted by atomic mass is 10.00. The fourth-order valence-electron chi connectivity index (χ4n) is 2.08. The molecule has 94 valence electrons.